The van der Waals surface area contributed by atoms with Gasteiger partial charge in [0.1, 0.15) is 47.1 Å². The monoisotopic (exact) mass is 1720 g/mol. The molecular formula is C98H137NO17SSi3. The van der Waals surface area contributed by atoms with Crippen LogP contribution < -0.4 is 20.7 Å². The quantitative estimate of drug-likeness (QED) is 0.0211. The van der Waals surface area contributed by atoms with Gasteiger partial charge in [0, 0.05) is 45.1 Å². The molecule has 22 heteroatoms. The van der Waals surface area contributed by atoms with Gasteiger partial charge in [-0.15, -0.1) is 13.2 Å². The Kier molecular flexibility index (Phi) is 30.4. The lowest BCUT2D eigenvalue weighted by Crippen LogP contribution is -2.73. The van der Waals surface area contributed by atoms with E-state index in [2.05, 4.69) is 205 Å². The largest absolute Gasteiger partial charge is 0.444 e. The molecule has 2 unspecified atom stereocenters. The number of sulfone groups is 1. The second kappa shape index (κ2) is 39.2. The van der Waals surface area contributed by atoms with Crippen molar-refractivity contribution in [2.24, 2.45) is 11.8 Å². The van der Waals surface area contributed by atoms with Crippen LogP contribution in [0, 0.1) is 11.8 Å². The summed E-state index contributed by atoms with van der Waals surface area (Å²) < 4.78 is 127. The molecule has 0 radical (unpaired) electrons. The Morgan fingerprint density at radius 2 is 1.17 bits per heavy atom. The first-order chi connectivity index (χ1) is 57.1. The number of hydrogen-bond donors (Lipinski definition) is 0. The maximum absolute atomic E-state index is 17.0. The van der Waals surface area contributed by atoms with E-state index in [4.69, 9.17) is 60.6 Å². The molecule has 1 amide bonds. The third-order valence-electron chi connectivity index (χ3n) is 26.5. The van der Waals surface area contributed by atoms with Gasteiger partial charge in [0.05, 0.1) is 97.9 Å². The van der Waals surface area contributed by atoms with E-state index in [0.29, 0.717) is 58.2 Å². The van der Waals surface area contributed by atoms with Crippen LogP contribution >= 0.6 is 0 Å². The van der Waals surface area contributed by atoms with Crippen LogP contribution in [0.4, 0.5) is 4.79 Å². The molecule has 7 saturated heterocycles. The highest BCUT2D eigenvalue weighted by atomic mass is 32.2. The first-order valence-corrected chi connectivity index (χ1v) is 52.0. The zero-order valence-corrected chi connectivity index (χ0v) is 78.0. The third-order valence-corrected chi connectivity index (χ3v) is 43.4. The Balaban J connectivity index is 0.945. The summed E-state index contributed by atoms with van der Waals surface area (Å²) in [6, 6.07) is 53.7. The van der Waals surface area contributed by atoms with Crippen molar-refractivity contribution >= 4 is 67.4 Å². The van der Waals surface area contributed by atoms with Crippen LogP contribution in [0.2, 0.25) is 28.2 Å². The summed E-state index contributed by atoms with van der Waals surface area (Å²) in [6.07, 6.45) is -0.0640. The Hall–Kier alpha value is -6.14. The normalized spacial score (nSPS) is 29.3. The molecule has 120 heavy (non-hydrogen) atoms. The molecule has 7 aliphatic heterocycles. The number of fused-ring (bicyclic) bond motifs is 2. The number of nitrogens with zero attached hydrogens (tertiary/aromatic N) is 1. The zero-order valence-electron chi connectivity index (χ0n) is 74.2. The minimum absolute atomic E-state index is 0.00408. The number of carbonyl (C=O) groups is 2. The minimum Gasteiger partial charge on any atom is -0.444 e. The fourth-order valence-electron chi connectivity index (χ4n) is 20.3. The summed E-state index contributed by atoms with van der Waals surface area (Å²) in [5, 5.41) is 1.60. The number of benzene rings is 5. The van der Waals surface area contributed by atoms with Crippen molar-refractivity contribution in [2.45, 2.75) is 322 Å². The van der Waals surface area contributed by atoms with E-state index in [9.17, 15) is 4.79 Å². The van der Waals surface area contributed by atoms with Crippen molar-refractivity contribution < 1.29 is 78.7 Å². The highest BCUT2D eigenvalue weighted by molar-refractivity contribution is 7.92. The van der Waals surface area contributed by atoms with Gasteiger partial charge in [0.25, 0.3) is 16.6 Å². The number of Topliss-reactive ketones (excluding diaryl/α,β-unsaturated/α-hetero) is 1. The number of rotatable bonds is 35. The summed E-state index contributed by atoms with van der Waals surface area (Å²) in [4.78, 5) is 32.5. The first-order valence-electron chi connectivity index (χ1n) is 44.1. The Bertz CT molecular complexity index is 4290. The van der Waals surface area contributed by atoms with Crippen LogP contribution in [0.25, 0.3) is 0 Å². The lowest BCUT2D eigenvalue weighted by molar-refractivity contribution is -0.254. The third kappa shape index (κ3) is 20.2. The molecule has 654 valence electrons. The summed E-state index contributed by atoms with van der Waals surface area (Å²) in [7, 11) is -12.4. The van der Waals surface area contributed by atoms with E-state index in [-0.39, 0.29) is 54.9 Å². The van der Waals surface area contributed by atoms with E-state index >= 15 is 13.2 Å². The number of ketones is 1. The molecule has 20 atom stereocenters. The molecule has 7 aliphatic rings. The van der Waals surface area contributed by atoms with Crippen molar-refractivity contribution in [3.05, 3.63) is 213 Å². The smallest absolute Gasteiger partial charge is 0.412 e. The van der Waals surface area contributed by atoms with Crippen LogP contribution in [-0.4, -0.2) is 197 Å². The second-order valence-electron chi connectivity index (χ2n) is 37.9. The van der Waals surface area contributed by atoms with Gasteiger partial charge in [-0.2, -0.15) is 0 Å². The Morgan fingerprint density at radius 1 is 0.617 bits per heavy atom. The fraction of sp³-hybridized carbons (Fsp3) is 0.571. The highest BCUT2D eigenvalue weighted by Gasteiger charge is 2.66. The molecule has 7 fully saturated rings. The molecule has 0 aromatic heterocycles. The maximum atomic E-state index is 17.0. The van der Waals surface area contributed by atoms with Crippen LogP contribution in [0.1, 0.15) is 168 Å². The van der Waals surface area contributed by atoms with Gasteiger partial charge >= 0.3 is 6.09 Å². The molecular weight excluding hydrogens is 1580 g/mol. The highest BCUT2D eigenvalue weighted by Crippen LogP contribution is 2.51. The number of amides is 1. The van der Waals surface area contributed by atoms with E-state index in [1.165, 1.54) is 0 Å². The van der Waals surface area contributed by atoms with Gasteiger partial charge in [-0.25, -0.2) is 13.2 Å². The van der Waals surface area contributed by atoms with Crippen molar-refractivity contribution in [2.75, 3.05) is 26.9 Å². The zero-order chi connectivity index (χ0) is 86.3. The SMILES string of the molecule is C=CCOC/C=C/[C@H]1CC(=C)[C@H](CC[C@H]2C[C@@H](C)C(=C)[C@@H](C[C@@H]3O[C@H](CC4CN(C(=O)OC(C)(C)C)C(C)(C)O4)[C@H](OC)[C@H]3[C@@H](C(=O)C[C@H]3CC[C@@H]4O[C@@H]5[C@@H](O[C@H](CC(C=C)O[Si](CC)(CC)CC)[C@@H]5O[Si](c5ccccc5)(c5ccccc5)C(C)(C)C)[C@@H](O[Si](c5ccccc5)(c5ccccc5)C(C)(C)C)[C@H]4O3)S(=O)(=O)c3ccccc3)O2)O1. The van der Waals surface area contributed by atoms with Crippen molar-refractivity contribution in [3.63, 3.8) is 0 Å². The van der Waals surface area contributed by atoms with Gasteiger partial charge < -0.3 is 60.6 Å². The van der Waals surface area contributed by atoms with Crippen molar-refractivity contribution in [3.8, 4) is 0 Å². The van der Waals surface area contributed by atoms with Crippen molar-refractivity contribution in [1.29, 1.82) is 0 Å². The molecule has 0 spiro atoms. The predicted octanol–water partition coefficient (Wildman–Crippen LogP) is 16.9. The minimum atomic E-state index is -4.64. The summed E-state index contributed by atoms with van der Waals surface area (Å²) >= 11 is 0. The summed E-state index contributed by atoms with van der Waals surface area (Å²) in [5.41, 5.74) is -0.0164. The molecule has 7 heterocycles. The standard InChI is InChI=1S/C98H137NO17SSi3/c1-21-57-105-58-41-42-70-60-67(7)80(106-70)55-53-71-59-66(6)68(8)82(107-71)64-83-86(87(104-20)84(109-83)63-73-65-99(98(18,19)112-73)94(101)113-95(9,10)11)93(117(102,103)74-43-31-26-32-44-74)79(100)61-72-54-56-81-88(108-72)92(116-120(97(15,16)17,77-49-37-29-38-50-77)78-51-39-30-40-52-78)91-90(110-81)89(85(111-91)62-69(22-2)114-118(23-3,24-4)25-5)115-119(96(12,13)14,75-45-33-27-34-46-75)76-47-35-28-36-48-76/h21-22,26-52,66,69-73,80-93H,1-2,7-8,23-25,53-65H2,3-6,9-20H3/b42-41+/t66-,69?,70+,71+,72-,73?,80+,81+,82-,83+,84-,85-,86+,87+,88+,89+,90+,91-,92+,93-/m1/s1. The van der Waals surface area contributed by atoms with E-state index in [1.807, 2.05) is 65.0 Å². The van der Waals surface area contributed by atoms with E-state index in [1.54, 1.807) is 48.4 Å². The fourth-order valence-corrected chi connectivity index (χ4v) is 34.6. The number of ether oxygens (including phenoxy) is 10. The van der Waals surface area contributed by atoms with Gasteiger partial charge in [-0.1, -0.05) is 246 Å². The molecule has 0 saturated carbocycles. The Labute approximate surface area is 720 Å². The summed E-state index contributed by atoms with van der Waals surface area (Å²) in [5.74, 6) is -1.69. The van der Waals surface area contributed by atoms with Gasteiger partial charge in [0.2, 0.25) is 0 Å². The molecule has 0 bridgehead atoms. The van der Waals surface area contributed by atoms with Crippen LogP contribution in [0.5, 0.6) is 0 Å². The topological polar surface area (TPSA) is 192 Å². The summed E-state index contributed by atoms with van der Waals surface area (Å²) in [6.45, 7) is 50.1. The molecule has 12 rings (SSSR count). The van der Waals surface area contributed by atoms with Crippen LogP contribution in [0.3, 0.4) is 0 Å². The van der Waals surface area contributed by atoms with Crippen molar-refractivity contribution in [1.82, 2.24) is 4.90 Å². The second-order valence-corrected chi connectivity index (χ2v) is 53.2. The molecule has 18 nitrogen and oxygen atoms in total. The van der Waals surface area contributed by atoms with Crippen LogP contribution in [-0.2, 0) is 75.3 Å². The number of hydrogen-bond acceptors (Lipinski definition) is 17. The predicted molar refractivity (Wildman–Crippen MR) is 482 cm³/mol. The Morgan fingerprint density at radius 3 is 1.69 bits per heavy atom. The number of carbonyl (C=O) groups excluding carboxylic acids is 2. The van der Waals surface area contributed by atoms with Gasteiger partial charge in [-0.3, -0.25) is 9.69 Å². The first kappa shape index (κ1) is 93.0. The van der Waals surface area contributed by atoms with E-state index in [0.717, 1.165) is 50.0 Å². The average molecular weight is 1720 g/mol. The molecule has 5 aromatic rings. The lowest BCUT2D eigenvalue weighted by Gasteiger charge is -2.53. The number of methoxy groups -OCH3 is 1. The molecule has 0 aliphatic carbocycles. The lowest BCUT2D eigenvalue weighted by atomic mass is 9.81. The van der Waals surface area contributed by atoms with Gasteiger partial charge in [0.15, 0.2) is 23.9 Å². The van der Waals surface area contributed by atoms with Crippen LogP contribution in [0.15, 0.2) is 218 Å². The maximum Gasteiger partial charge on any atom is 0.412 e. The molecule has 0 N–H and O–H groups in total. The molecule has 5 aromatic carbocycles. The van der Waals surface area contributed by atoms with E-state index < -0.39 is 165 Å². The van der Waals surface area contributed by atoms with Gasteiger partial charge in [-0.05, 0) is 145 Å². The average Bonchev–Trinajstić information content (AvgIpc) is 1.54.